The Bertz CT molecular complexity index is 245. The van der Waals surface area contributed by atoms with E-state index in [0.717, 1.165) is 0 Å². The minimum atomic E-state index is -0.248. The molecule has 0 fully saturated rings. The van der Waals surface area contributed by atoms with Gasteiger partial charge in [-0.05, 0) is 19.8 Å². The summed E-state index contributed by atoms with van der Waals surface area (Å²) in [6, 6.07) is 0. The van der Waals surface area contributed by atoms with Gasteiger partial charge in [-0.2, -0.15) is 0 Å². The number of ether oxygens (including phenoxy) is 2. The maximum absolute atomic E-state index is 11.1. The SMILES string of the molecule is CCOC(=O)C/C=C/[C@H](C)CC(=O)OCC. The van der Waals surface area contributed by atoms with Crippen LogP contribution in [0.5, 0.6) is 0 Å². The van der Waals surface area contributed by atoms with Crippen LogP contribution in [0, 0.1) is 5.92 Å². The molecule has 0 aromatic carbocycles. The van der Waals surface area contributed by atoms with Crippen molar-refractivity contribution in [1.82, 2.24) is 0 Å². The Morgan fingerprint density at radius 3 is 2.25 bits per heavy atom. The van der Waals surface area contributed by atoms with Crippen molar-refractivity contribution < 1.29 is 19.1 Å². The average Bonchev–Trinajstić information content (AvgIpc) is 2.18. The van der Waals surface area contributed by atoms with Crippen molar-refractivity contribution in [3.8, 4) is 0 Å². The Labute approximate surface area is 96.6 Å². The molecule has 0 bridgehead atoms. The zero-order valence-electron chi connectivity index (χ0n) is 10.2. The van der Waals surface area contributed by atoms with E-state index in [1.165, 1.54) is 0 Å². The van der Waals surface area contributed by atoms with E-state index >= 15 is 0 Å². The summed E-state index contributed by atoms with van der Waals surface area (Å²) in [5.74, 6) is -0.383. The summed E-state index contributed by atoms with van der Waals surface area (Å²) in [5.41, 5.74) is 0. The first-order valence-electron chi connectivity index (χ1n) is 5.58. The van der Waals surface area contributed by atoms with Crippen molar-refractivity contribution in [3.05, 3.63) is 12.2 Å². The van der Waals surface area contributed by atoms with Crippen molar-refractivity contribution in [3.63, 3.8) is 0 Å². The van der Waals surface area contributed by atoms with E-state index in [1.54, 1.807) is 19.9 Å². The second-order valence-electron chi connectivity index (χ2n) is 3.42. The molecule has 0 heterocycles. The molecule has 0 aliphatic rings. The lowest BCUT2D eigenvalue weighted by Crippen LogP contribution is -2.08. The molecule has 0 saturated carbocycles. The lowest BCUT2D eigenvalue weighted by atomic mass is 10.1. The average molecular weight is 228 g/mol. The van der Waals surface area contributed by atoms with Crippen LogP contribution in [0.15, 0.2) is 12.2 Å². The normalized spacial score (nSPS) is 12.4. The molecule has 0 rings (SSSR count). The van der Waals surface area contributed by atoms with Gasteiger partial charge in [0.25, 0.3) is 0 Å². The zero-order valence-corrected chi connectivity index (χ0v) is 10.2. The predicted molar refractivity (Wildman–Crippen MR) is 60.8 cm³/mol. The van der Waals surface area contributed by atoms with E-state index in [9.17, 15) is 9.59 Å². The Kier molecular flexibility index (Phi) is 8.21. The summed E-state index contributed by atoms with van der Waals surface area (Å²) in [6.45, 7) is 6.24. The quantitative estimate of drug-likeness (QED) is 0.494. The van der Waals surface area contributed by atoms with Gasteiger partial charge >= 0.3 is 11.9 Å². The van der Waals surface area contributed by atoms with E-state index in [1.807, 2.05) is 13.0 Å². The van der Waals surface area contributed by atoms with Crippen LogP contribution in [0.3, 0.4) is 0 Å². The van der Waals surface area contributed by atoms with Crippen molar-refractivity contribution in [2.45, 2.75) is 33.6 Å². The van der Waals surface area contributed by atoms with Crippen LogP contribution >= 0.6 is 0 Å². The molecule has 0 amide bonds. The molecule has 0 aromatic rings. The van der Waals surface area contributed by atoms with Crippen molar-refractivity contribution in [2.24, 2.45) is 5.92 Å². The highest BCUT2D eigenvalue weighted by Gasteiger charge is 2.06. The highest BCUT2D eigenvalue weighted by Crippen LogP contribution is 2.06. The smallest absolute Gasteiger partial charge is 0.309 e. The fourth-order valence-corrected chi connectivity index (χ4v) is 1.17. The molecule has 4 nitrogen and oxygen atoms in total. The first-order chi connectivity index (χ1) is 7.60. The standard InChI is InChI=1S/C12H20O4/c1-4-15-11(13)8-6-7-10(3)9-12(14)16-5-2/h6-7,10H,4-5,8-9H2,1-3H3/b7-6+/t10-/m0/s1. The largest absolute Gasteiger partial charge is 0.466 e. The van der Waals surface area contributed by atoms with Crippen LogP contribution in [0.1, 0.15) is 33.6 Å². The maximum atomic E-state index is 11.1. The second kappa shape index (κ2) is 8.95. The number of carbonyl (C=O) groups is 2. The monoisotopic (exact) mass is 228 g/mol. The highest BCUT2D eigenvalue weighted by molar-refractivity contribution is 5.71. The minimum absolute atomic E-state index is 0.0773. The van der Waals surface area contributed by atoms with Crippen molar-refractivity contribution >= 4 is 11.9 Å². The molecule has 0 aliphatic carbocycles. The number of esters is 2. The molecule has 0 aliphatic heterocycles. The molecule has 0 unspecified atom stereocenters. The molecule has 0 spiro atoms. The first-order valence-corrected chi connectivity index (χ1v) is 5.58. The van der Waals surface area contributed by atoms with E-state index in [4.69, 9.17) is 9.47 Å². The third kappa shape index (κ3) is 8.03. The van der Waals surface area contributed by atoms with Gasteiger partial charge in [-0.3, -0.25) is 9.59 Å². The van der Waals surface area contributed by atoms with Gasteiger partial charge in [0.15, 0.2) is 0 Å². The molecule has 16 heavy (non-hydrogen) atoms. The Morgan fingerprint density at radius 1 is 1.12 bits per heavy atom. The van der Waals surface area contributed by atoms with Crippen LogP contribution in [-0.2, 0) is 19.1 Å². The van der Waals surface area contributed by atoms with Crippen molar-refractivity contribution in [2.75, 3.05) is 13.2 Å². The van der Waals surface area contributed by atoms with E-state index in [0.29, 0.717) is 19.6 Å². The summed E-state index contributed by atoms with van der Waals surface area (Å²) < 4.78 is 9.58. The number of hydrogen-bond donors (Lipinski definition) is 0. The molecule has 0 radical (unpaired) electrons. The van der Waals surface area contributed by atoms with Crippen LogP contribution in [0.2, 0.25) is 0 Å². The molecule has 1 atom stereocenters. The second-order valence-corrected chi connectivity index (χ2v) is 3.42. The van der Waals surface area contributed by atoms with Gasteiger partial charge in [0.2, 0.25) is 0 Å². The van der Waals surface area contributed by atoms with Crippen LogP contribution in [0.25, 0.3) is 0 Å². The predicted octanol–water partition coefficient (Wildman–Crippen LogP) is 2.09. The lowest BCUT2D eigenvalue weighted by molar-refractivity contribution is -0.144. The molecule has 0 saturated heterocycles. The Hall–Kier alpha value is -1.32. The summed E-state index contributed by atoms with van der Waals surface area (Å²) in [4.78, 5) is 22.1. The molecule has 4 heteroatoms. The van der Waals surface area contributed by atoms with Gasteiger partial charge in [0, 0.05) is 0 Å². The molecular weight excluding hydrogens is 208 g/mol. The third-order valence-electron chi connectivity index (χ3n) is 1.85. The van der Waals surface area contributed by atoms with Crippen molar-refractivity contribution in [1.29, 1.82) is 0 Å². The zero-order chi connectivity index (χ0) is 12.4. The summed E-state index contributed by atoms with van der Waals surface area (Å²) in [6.07, 6.45) is 4.14. The highest BCUT2D eigenvalue weighted by atomic mass is 16.5. The molecule has 0 aromatic heterocycles. The summed E-state index contributed by atoms with van der Waals surface area (Å²) >= 11 is 0. The molecular formula is C12H20O4. The fraction of sp³-hybridized carbons (Fsp3) is 0.667. The van der Waals surface area contributed by atoms with Gasteiger partial charge in [0.1, 0.15) is 0 Å². The fourth-order valence-electron chi connectivity index (χ4n) is 1.17. The third-order valence-corrected chi connectivity index (χ3v) is 1.85. The van der Waals surface area contributed by atoms with Gasteiger partial charge in [-0.25, -0.2) is 0 Å². The number of hydrogen-bond acceptors (Lipinski definition) is 4. The first kappa shape index (κ1) is 14.7. The van der Waals surface area contributed by atoms with Crippen LogP contribution in [-0.4, -0.2) is 25.2 Å². The molecule has 92 valence electrons. The van der Waals surface area contributed by atoms with E-state index in [2.05, 4.69) is 0 Å². The minimum Gasteiger partial charge on any atom is -0.466 e. The Balaban J connectivity index is 3.77. The Morgan fingerprint density at radius 2 is 1.69 bits per heavy atom. The van der Waals surface area contributed by atoms with E-state index < -0.39 is 0 Å². The number of carbonyl (C=O) groups excluding carboxylic acids is 2. The van der Waals surface area contributed by atoms with Crippen LogP contribution < -0.4 is 0 Å². The molecule has 0 N–H and O–H groups in total. The number of allylic oxidation sites excluding steroid dienone is 1. The summed E-state index contributed by atoms with van der Waals surface area (Å²) in [5, 5.41) is 0. The van der Waals surface area contributed by atoms with E-state index in [-0.39, 0.29) is 24.3 Å². The summed E-state index contributed by atoms with van der Waals surface area (Å²) in [7, 11) is 0. The topological polar surface area (TPSA) is 52.6 Å². The maximum Gasteiger partial charge on any atom is 0.309 e. The van der Waals surface area contributed by atoms with Gasteiger partial charge in [0.05, 0.1) is 26.1 Å². The van der Waals surface area contributed by atoms with Crippen LogP contribution in [0.4, 0.5) is 0 Å². The van der Waals surface area contributed by atoms with Gasteiger partial charge in [-0.15, -0.1) is 0 Å². The van der Waals surface area contributed by atoms with Gasteiger partial charge < -0.3 is 9.47 Å². The van der Waals surface area contributed by atoms with Gasteiger partial charge in [-0.1, -0.05) is 19.1 Å². The lowest BCUT2D eigenvalue weighted by Gasteiger charge is -2.05. The number of rotatable bonds is 7.